The Bertz CT molecular complexity index is 623. The van der Waals surface area contributed by atoms with Gasteiger partial charge in [0.25, 0.3) is 0 Å². The van der Waals surface area contributed by atoms with Crippen molar-refractivity contribution in [3.05, 3.63) is 36.0 Å². The standard InChI is InChI=1S/C13H13ClN2O3/c1-8(17)16(14)12(13(18)19)6-9-7-15-11-5-3-2-4-10(9)11/h2-5,7,12,15H,6H2,1H3,(H,18,19)/t12-/m0/s1. The Morgan fingerprint density at radius 1 is 1.42 bits per heavy atom. The predicted molar refractivity (Wildman–Crippen MR) is 71.8 cm³/mol. The van der Waals surface area contributed by atoms with Crippen LogP contribution in [-0.4, -0.2) is 32.4 Å². The minimum atomic E-state index is -1.13. The zero-order valence-electron chi connectivity index (χ0n) is 10.3. The molecular formula is C13H13ClN2O3. The second kappa shape index (κ2) is 5.32. The number of hydrogen-bond acceptors (Lipinski definition) is 2. The Morgan fingerprint density at radius 2 is 2.11 bits per heavy atom. The van der Waals surface area contributed by atoms with Crippen LogP contribution in [0.25, 0.3) is 10.9 Å². The van der Waals surface area contributed by atoms with Crippen LogP contribution in [0.2, 0.25) is 0 Å². The second-order valence-corrected chi connectivity index (χ2v) is 4.61. The monoisotopic (exact) mass is 280 g/mol. The predicted octanol–water partition coefficient (Wildman–Crippen LogP) is 2.17. The third-order valence-corrected chi connectivity index (χ3v) is 3.42. The highest BCUT2D eigenvalue weighted by Crippen LogP contribution is 2.21. The van der Waals surface area contributed by atoms with Gasteiger partial charge >= 0.3 is 5.97 Å². The van der Waals surface area contributed by atoms with E-state index in [9.17, 15) is 14.7 Å². The number of aromatic nitrogens is 1. The van der Waals surface area contributed by atoms with Crippen LogP contribution in [0.5, 0.6) is 0 Å². The number of hydrogen-bond donors (Lipinski definition) is 2. The number of halogens is 1. The molecule has 0 saturated carbocycles. The van der Waals surface area contributed by atoms with Gasteiger partial charge < -0.3 is 10.1 Å². The first-order chi connectivity index (χ1) is 9.00. The van der Waals surface area contributed by atoms with Gasteiger partial charge in [-0.1, -0.05) is 18.2 Å². The van der Waals surface area contributed by atoms with Crippen molar-refractivity contribution < 1.29 is 14.7 Å². The molecule has 0 bridgehead atoms. The number of nitrogens with zero attached hydrogens (tertiary/aromatic N) is 1. The molecule has 6 heteroatoms. The number of carboxylic acid groups (broad SMARTS) is 1. The first kappa shape index (κ1) is 13.4. The zero-order valence-corrected chi connectivity index (χ0v) is 11.0. The van der Waals surface area contributed by atoms with Crippen LogP contribution >= 0.6 is 11.8 Å². The van der Waals surface area contributed by atoms with E-state index in [1.165, 1.54) is 6.92 Å². The number of amides is 1. The molecule has 5 nitrogen and oxygen atoms in total. The fourth-order valence-electron chi connectivity index (χ4n) is 1.99. The fourth-order valence-corrected chi connectivity index (χ4v) is 2.15. The van der Waals surface area contributed by atoms with Crippen molar-refractivity contribution in [3.63, 3.8) is 0 Å². The third-order valence-electron chi connectivity index (χ3n) is 2.95. The lowest BCUT2D eigenvalue weighted by Crippen LogP contribution is -2.39. The number of nitrogens with one attached hydrogen (secondary N) is 1. The molecule has 1 amide bonds. The number of H-pyrrole nitrogens is 1. The summed E-state index contributed by atoms with van der Waals surface area (Å²) in [7, 11) is 0. The molecule has 0 unspecified atom stereocenters. The van der Waals surface area contributed by atoms with E-state index in [0.29, 0.717) is 0 Å². The molecule has 0 aliphatic heterocycles. The van der Waals surface area contributed by atoms with Crippen LogP contribution in [0.1, 0.15) is 12.5 Å². The largest absolute Gasteiger partial charge is 0.480 e. The number of para-hydroxylation sites is 1. The molecule has 0 aliphatic rings. The minimum absolute atomic E-state index is 0.155. The zero-order chi connectivity index (χ0) is 14.0. The van der Waals surface area contributed by atoms with Crippen molar-refractivity contribution in [2.75, 3.05) is 0 Å². The number of carbonyl (C=O) groups is 2. The van der Waals surface area contributed by atoms with E-state index in [1.807, 2.05) is 24.3 Å². The van der Waals surface area contributed by atoms with E-state index in [0.717, 1.165) is 20.9 Å². The second-order valence-electron chi connectivity index (χ2n) is 4.25. The molecular weight excluding hydrogens is 268 g/mol. The summed E-state index contributed by atoms with van der Waals surface area (Å²) in [6.07, 6.45) is 1.90. The Balaban J connectivity index is 2.31. The van der Waals surface area contributed by atoms with E-state index in [2.05, 4.69) is 4.98 Å². The smallest absolute Gasteiger partial charge is 0.328 e. The number of rotatable bonds is 4. The molecule has 2 aromatic rings. The lowest BCUT2D eigenvalue weighted by Gasteiger charge is -2.20. The van der Waals surface area contributed by atoms with Crippen molar-refractivity contribution in [3.8, 4) is 0 Å². The Labute approximate surface area is 114 Å². The van der Waals surface area contributed by atoms with Gasteiger partial charge in [-0.2, -0.15) is 0 Å². The van der Waals surface area contributed by atoms with Gasteiger partial charge in [0, 0.05) is 42.2 Å². The Morgan fingerprint density at radius 3 is 2.74 bits per heavy atom. The molecule has 0 spiro atoms. The normalized spacial score (nSPS) is 12.3. The lowest BCUT2D eigenvalue weighted by atomic mass is 10.1. The van der Waals surface area contributed by atoms with Crippen molar-refractivity contribution >= 4 is 34.6 Å². The van der Waals surface area contributed by atoms with Gasteiger partial charge in [-0.15, -0.1) is 0 Å². The SMILES string of the molecule is CC(=O)N(Cl)[C@@H](Cc1c[nH]c2ccccc12)C(=O)O. The summed E-state index contributed by atoms with van der Waals surface area (Å²) in [6, 6.07) is 6.47. The van der Waals surface area contributed by atoms with Gasteiger partial charge in [-0.05, 0) is 11.6 Å². The van der Waals surface area contributed by atoms with Crippen molar-refractivity contribution in [2.24, 2.45) is 0 Å². The van der Waals surface area contributed by atoms with Crippen molar-refractivity contribution in [2.45, 2.75) is 19.4 Å². The van der Waals surface area contributed by atoms with Crippen LogP contribution in [0.4, 0.5) is 0 Å². The minimum Gasteiger partial charge on any atom is -0.480 e. The maximum Gasteiger partial charge on any atom is 0.328 e. The molecule has 1 heterocycles. The summed E-state index contributed by atoms with van der Waals surface area (Å²) >= 11 is 5.74. The number of aromatic amines is 1. The molecule has 2 N–H and O–H groups in total. The van der Waals surface area contributed by atoms with Gasteiger partial charge in [-0.3, -0.25) is 4.79 Å². The molecule has 0 aliphatic carbocycles. The summed E-state index contributed by atoms with van der Waals surface area (Å²) in [5.74, 6) is -1.62. The van der Waals surface area contributed by atoms with Gasteiger partial charge in [0.2, 0.25) is 5.91 Å². The summed E-state index contributed by atoms with van der Waals surface area (Å²) in [5.41, 5.74) is 1.74. The summed E-state index contributed by atoms with van der Waals surface area (Å²) in [4.78, 5) is 25.5. The Hall–Kier alpha value is -2.01. The third kappa shape index (κ3) is 2.71. The number of benzene rings is 1. The quantitative estimate of drug-likeness (QED) is 0.843. The fraction of sp³-hybridized carbons (Fsp3) is 0.231. The molecule has 0 fully saturated rings. The highest BCUT2D eigenvalue weighted by Gasteiger charge is 2.27. The Kier molecular flexibility index (Phi) is 3.76. The first-order valence-corrected chi connectivity index (χ1v) is 6.08. The van der Waals surface area contributed by atoms with Gasteiger partial charge in [0.05, 0.1) is 0 Å². The van der Waals surface area contributed by atoms with E-state index in [4.69, 9.17) is 11.8 Å². The number of aliphatic carboxylic acids is 1. The summed E-state index contributed by atoms with van der Waals surface area (Å²) in [6.45, 7) is 1.23. The molecule has 1 atom stereocenters. The number of fused-ring (bicyclic) bond motifs is 1. The van der Waals surface area contributed by atoms with Crippen LogP contribution in [0.3, 0.4) is 0 Å². The van der Waals surface area contributed by atoms with E-state index >= 15 is 0 Å². The number of carboxylic acids is 1. The highest BCUT2D eigenvalue weighted by atomic mass is 35.5. The van der Waals surface area contributed by atoms with Gasteiger partial charge in [0.15, 0.2) is 0 Å². The molecule has 1 aromatic carbocycles. The van der Waals surface area contributed by atoms with Crippen molar-refractivity contribution in [1.29, 1.82) is 0 Å². The molecule has 1 aromatic heterocycles. The van der Waals surface area contributed by atoms with E-state index in [-0.39, 0.29) is 6.42 Å². The molecule has 2 rings (SSSR count). The van der Waals surface area contributed by atoms with E-state index in [1.54, 1.807) is 6.20 Å². The molecule has 0 radical (unpaired) electrons. The lowest BCUT2D eigenvalue weighted by molar-refractivity contribution is -0.145. The molecule has 19 heavy (non-hydrogen) atoms. The average Bonchev–Trinajstić information content (AvgIpc) is 2.78. The topological polar surface area (TPSA) is 73.4 Å². The van der Waals surface area contributed by atoms with Crippen LogP contribution in [0, 0.1) is 0 Å². The van der Waals surface area contributed by atoms with Gasteiger partial charge in [-0.25, -0.2) is 9.21 Å². The first-order valence-electron chi connectivity index (χ1n) is 5.74. The molecule has 100 valence electrons. The highest BCUT2D eigenvalue weighted by molar-refractivity contribution is 6.22. The summed E-state index contributed by atoms with van der Waals surface area (Å²) < 4.78 is 0.726. The molecule has 0 saturated heterocycles. The van der Waals surface area contributed by atoms with Crippen LogP contribution < -0.4 is 0 Å². The van der Waals surface area contributed by atoms with Crippen LogP contribution in [0.15, 0.2) is 30.5 Å². The van der Waals surface area contributed by atoms with Crippen molar-refractivity contribution in [1.82, 2.24) is 9.40 Å². The van der Waals surface area contributed by atoms with Gasteiger partial charge in [0.1, 0.15) is 6.04 Å². The van der Waals surface area contributed by atoms with Crippen LogP contribution in [-0.2, 0) is 16.0 Å². The average molecular weight is 281 g/mol. The summed E-state index contributed by atoms with van der Waals surface area (Å²) in [5, 5.41) is 10.1. The maximum absolute atomic E-state index is 11.2. The number of carbonyl (C=O) groups excluding carboxylic acids is 1. The van der Waals surface area contributed by atoms with E-state index < -0.39 is 17.9 Å². The maximum atomic E-state index is 11.2.